The van der Waals surface area contributed by atoms with Crippen molar-refractivity contribution in [3.8, 4) is 0 Å². The molecule has 0 bridgehead atoms. The summed E-state index contributed by atoms with van der Waals surface area (Å²) >= 11 is 0. The van der Waals surface area contributed by atoms with Gasteiger partial charge in [0.2, 0.25) is 5.91 Å². The Morgan fingerprint density at radius 2 is 2.00 bits per heavy atom. The maximum atomic E-state index is 11.5. The van der Waals surface area contributed by atoms with E-state index in [9.17, 15) is 9.59 Å². The van der Waals surface area contributed by atoms with E-state index in [1.54, 1.807) is 6.07 Å². The van der Waals surface area contributed by atoms with Crippen LogP contribution in [0, 0.1) is 0 Å². The lowest BCUT2D eigenvalue weighted by atomic mass is 10.2. The van der Waals surface area contributed by atoms with Crippen LogP contribution in [0.3, 0.4) is 0 Å². The van der Waals surface area contributed by atoms with E-state index in [0.29, 0.717) is 5.69 Å². The average molecular weight is 274 g/mol. The minimum Gasteiger partial charge on any atom is -0.478 e. The third kappa shape index (κ3) is 4.51. The Balaban J connectivity index is 1.94. The van der Waals surface area contributed by atoms with E-state index in [0.717, 1.165) is 37.3 Å². The second kappa shape index (κ2) is 6.86. The molecule has 20 heavy (non-hydrogen) atoms. The van der Waals surface area contributed by atoms with Crippen molar-refractivity contribution in [1.82, 2.24) is 4.90 Å². The monoisotopic (exact) mass is 274 g/mol. The fraction of sp³-hybridized carbons (Fsp3) is 0.333. The number of aliphatic carboxylic acids is 1. The summed E-state index contributed by atoms with van der Waals surface area (Å²) in [5.74, 6) is -1.58. The van der Waals surface area contributed by atoms with Gasteiger partial charge in [0.25, 0.3) is 0 Å². The number of carbonyl (C=O) groups is 2. The van der Waals surface area contributed by atoms with Crippen molar-refractivity contribution in [2.24, 2.45) is 0 Å². The summed E-state index contributed by atoms with van der Waals surface area (Å²) in [7, 11) is 0. The van der Waals surface area contributed by atoms with Crippen LogP contribution >= 0.6 is 0 Å². The minimum absolute atomic E-state index is 0.439. The van der Waals surface area contributed by atoms with Gasteiger partial charge in [0.05, 0.1) is 0 Å². The van der Waals surface area contributed by atoms with Gasteiger partial charge >= 0.3 is 5.97 Å². The number of nitrogens with zero attached hydrogens (tertiary/aromatic N) is 1. The van der Waals surface area contributed by atoms with Crippen molar-refractivity contribution in [2.45, 2.75) is 19.4 Å². The number of hydrogen-bond acceptors (Lipinski definition) is 3. The first-order valence-corrected chi connectivity index (χ1v) is 6.67. The lowest BCUT2D eigenvalue weighted by Crippen LogP contribution is -2.18. The van der Waals surface area contributed by atoms with Crippen molar-refractivity contribution in [3.63, 3.8) is 0 Å². The molecule has 5 heteroatoms. The quantitative estimate of drug-likeness (QED) is 0.804. The van der Waals surface area contributed by atoms with E-state index in [2.05, 4.69) is 10.2 Å². The first-order chi connectivity index (χ1) is 9.63. The van der Waals surface area contributed by atoms with Crippen molar-refractivity contribution < 1.29 is 14.7 Å². The normalized spacial score (nSPS) is 15.6. The molecule has 1 saturated heterocycles. The Kier molecular flexibility index (Phi) is 4.90. The summed E-state index contributed by atoms with van der Waals surface area (Å²) in [6, 6.07) is 7.63. The lowest BCUT2D eigenvalue weighted by molar-refractivity contribution is -0.131. The molecule has 1 heterocycles. The van der Waals surface area contributed by atoms with Crippen LogP contribution in [0.5, 0.6) is 0 Å². The van der Waals surface area contributed by atoms with Gasteiger partial charge in [-0.15, -0.1) is 0 Å². The molecule has 2 N–H and O–H groups in total. The highest BCUT2D eigenvalue weighted by Gasteiger charge is 2.11. The molecule has 0 spiro atoms. The van der Waals surface area contributed by atoms with Gasteiger partial charge in [0, 0.05) is 24.4 Å². The van der Waals surface area contributed by atoms with Gasteiger partial charge in [-0.05, 0) is 43.6 Å². The lowest BCUT2D eigenvalue weighted by Gasteiger charge is -2.15. The number of carbonyl (C=O) groups excluding carboxylic acids is 1. The number of carboxylic acid groups (broad SMARTS) is 1. The predicted molar refractivity (Wildman–Crippen MR) is 76.4 cm³/mol. The number of likely N-dealkylation sites (tertiary alicyclic amines) is 1. The molecule has 1 fully saturated rings. The molecule has 5 nitrogen and oxygen atoms in total. The van der Waals surface area contributed by atoms with E-state index >= 15 is 0 Å². The Morgan fingerprint density at radius 3 is 2.70 bits per heavy atom. The number of benzene rings is 1. The van der Waals surface area contributed by atoms with Gasteiger partial charge in [-0.2, -0.15) is 0 Å². The zero-order valence-corrected chi connectivity index (χ0v) is 11.2. The molecule has 0 saturated carbocycles. The van der Waals surface area contributed by atoms with Crippen LogP contribution in [0.1, 0.15) is 18.4 Å². The first-order valence-electron chi connectivity index (χ1n) is 6.67. The molecule has 1 amide bonds. The molecule has 0 aromatic heterocycles. The molecule has 2 rings (SSSR count). The Labute approximate surface area is 117 Å². The van der Waals surface area contributed by atoms with Crippen molar-refractivity contribution in [2.75, 3.05) is 18.4 Å². The average Bonchev–Trinajstić information content (AvgIpc) is 2.89. The molecule has 1 aliphatic heterocycles. The Bertz CT molecular complexity index is 520. The summed E-state index contributed by atoms with van der Waals surface area (Å²) in [4.78, 5) is 24.2. The van der Waals surface area contributed by atoms with Crippen LogP contribution in [0.2, 0.25) is 0 Å². The van der Waals surface area contributed by atoms with Crippen molar-refractivity contribution >= 4 is 17.6 Å². The third-order valence-corrected chi connectivity index (χ3v) is 3.18. The topological polar surface area (TPSA) is 69.6 Å². The summed E-state index contributed by atoms with van der Waals surface area (Å²) in [6.07, 6.45) is 4.33. The number of amides is 1. The van der Waals surface area contributed by atoms with Crippen LogP contribution in [-0.2, 0) is 16.1 Å². The molecule has 1 aliphatic rings. The fourth-order valence-electron chi connectivity index (χ4n) is 2.28. The van der Waals surface area contributed by atoms with E-state index in [1.807, 2.05) is 18.2 Å². The standard InChI is InChI=1S/C15H18N2O3/c18-14(6-7-15(19)20)16-13-5-3-4-12(10-13)11-17-8-1-2-9-17/h3-7,10H,1-2,8-9,11H2,(H,16,18)(H,19,20)/b7-6+. The highest BCUT2D eigenvalue weighted by atomic mass is 16.4. The predicted octanol–water partition coefficient (Wildman–Crippen LogP) is 1.86. The van der Waals surface area contributed by atoms with E-state index < -0.39 is 11.9 Å². The second-order valence-corrected chi connectivity index (χ2v) is 4.84. The molecule has 1 aromatic carbocycles. The largest absolute Gasteiger partial charge is 0.478 e. The summed E-state index contributed by atoms with van der Waals surface area (Å²) in [5, 5.41) is 11.1. The van der Waals surface area contributed by atoms with Crippen LogP contribution in [0.15, 0.2) is 36.4 Å². The molecule has 0 aliphatic carbocycles. The van der Waals surface area contributed by atoms with Crippen LogP contribution in [-0.4, -0.2) is 35.0 Å². The Hall–Kier alpha value is -2.14. The van der Waals surface area contributed by atoms with Crippen molar-refractivity contribution in [3.05, 3.63) is 42.0 Å². The summed E-state index contributed by atoms with van der Waals surface area (Å²) in [5.41, 5.74) is 1.83. The van der Waals surface area contributed by atoms with Crippen LogP contribution in [0.25, 0.3) is 0 Å². The van der Waals surface area contributed by atoms with Gasteiger partial charge in [-0.1, -0.05) is 12.1 Å². The second-order valence-electron chi connectivity index (χ2n) is 4.84. The van der Waals surface area contributed by atoms with Gasteiger partial charge in [0.15, 0.2) is 0 Å². The number of anilines is 1. The number of nitrogens with one attached hydrogen (secondary N) is 1. The number of carboxylic acids is 1. The molecule has 0 radical (unpaired) electrons. The highest BCUT2D eigenvalue weighted by Crippen LogP contribution is 2.16. The smallest absolute Gasteiger partial charge is 0.328 e. The van der Waals surface area contributed by atoms with Gasteiger partial charge < -0.3 is 10.4 Å². The summed E-state index contributed by atoms with van der Waals surface area (Å²) < 4.78 is 0. The maximum absolute atomic E-state index is 11.5. The zero-order chi connectivity index (χ0) is 14.4. The zero-order valence-electron chi connectivity index (χ0n) is 11.2. The molecule has 1 aromatic rings. The van der Waals surface area contributed by atoms with E-state index in [-0.39, 0.29) is 0 Å². The minimum atomic E-state index is -1.14. The fourth-order valence-corrected chi connectivity index (χ4v) is 2.28. The highest BCUT2D eigenvalue weighted by molar-refractivity contribution is 6.02. The maximum Gasteiger partial charge on any atom is 0.328 e. The van der Waals surface area contributed by atoms with Crippen LogP contribution in [0.4, 0.5) is 5.69 Å². The van der Waals surface area contributed by atoms with E-state index in [4.69, 9.17) is 5.11 Å². The number of rotatable bonds is 5. The number of hydrogen-bond donors (Lipinski definition) is 2. The SMILES string of the molecule is O=C(O)/C=C/C(=O)Nc1cccc(CN2CCCC2)c1. The van der Waals surface area contributed by atoms with Crippen LogP contribution < -0.4 is 5.32 Å². The summed E-state index contributed by atoms with van der Waals surface area (Å²) in [6.45, 7) is 3.13. The molecule has 0 unspecified atom stereocenters. The van der Waals surface area contributed by atoms with Gasteiger partial charge in [-0.25, -0.2) is 4.79 Å². The molecular weight excluding hydrogens is 256 g/mol. The molecule has 106 valence electrons. The van der Waals surface area contributed by atoms with E-state index in [1.165, 1.54) is 12.8 Å². The van der Waals surface area contributed by atoms with Gasteiger partial charge in [0.1, 0.15) is 0 Å². The van der Waals surface area contributed by atoms with Gasteiger partial charge in [-0.3, -0.25) is 9.69 Å². The molecular formula is C15H18N2O3. The van der Waals surface area contributed by atoms with Crippen molar-refractivity contribution in [1.29, 1.82) is 0 Å². The first kappa shape index (κ1) is 14.3. The Morgan fingerprint density at radius 1 is 1.25 bits per heavy atom. The third-order valence-electron chi connectivity index (χ3n) is 3.18. The molecule has 0 atom stereocenters.